The maximum atomic E-state index is 13.0. The van der Waals surface area contributed by atoms with Crippen LogP contribution in [0, 0.1) is 0 Å². The second kappa shape index (κ2) is 9.11. The zero-order chi connectivity index (χ0) is 23.9. The predicted molar refractivity (Wildman–Crippen MR) is 130 cm³/mol. The lowest BCUT2D eigenvalue weighted by molar-refractivity contribution is -0.136. The molecule has 0 radical (unpaired) electrons. The molecule has 4 atom stereocenters. The smallest absolute Gasteiger partial charge is 0.255 e. The number of piperidine rings is 1. The number of ether oxygens (including phenoxy) is 1. The molecule has 1 saturated carbocycles. The number of amides is 3. The van der Waals surface area contributed by atoms with Crippen LogP contribution in [0.3, 0.4) is 0 Å². The van der Waals surface area contributed by atoms with Gasteiger partial charge < -0.3 is 9.64 Å². The Morgan fingerprint density at radius 2 is 1.71 bits per heavy atom. The standard InChI is InChI=1S/C28H31N3O4/c32-26-13-12-24(27(33)29-26)31-17-19-16-20(10-11-21(19)28(31)34)35-25-9-5-4-8-23(25)30-15-14-22(30)18-6-2-1-3-7-18/h1-3,6-7,10-11,16,22-25H,4-5,8-9,12-15,17H2,(H,29,32,33)/t22-,23+,24?,25+/m1/s1. The lowest BCUT2D eigenvalue weighted by atomic mass is 9.85. The van der Waals surface area contributed by atoms with E-state index in [0.29, 0.717) is 30.6 Å². The van der Waals surface area contributed by atoms with Crippen molar-refractivity contribution in [3.05, 3.63) is 65.2 Å². The number of hydrogen-bond donors (Lipinski definition) is 1. The minimum atomic E-state index is -0.596. The van der Waals surface area contributed by atoms with Crippen molar-refractivity contribution in [3.8, 4) is 5.75 Å². The Balaban J connectivity index is 1.17. The molecule has 3 aliphatic heterocycles. The molecule has 6 rings (SSSR count). The minimum absolute atomic E-state index is 0.122. The first-order valence-corrected chi connectivity index (χ1v) is 12.8. The van der Waals surface area contributed by atoms with Gasteiger partial charge in [-0.25, -0.2) is 0 Å². The molecule has 7 nitrogen and oxygen atoms in total. The summed E-state index contributed by atoms with van der Waals surface area (Å²) in [6, 6.07) is 16.7. The molecule has 0 bridgehead atoms. The van der Waals surface area contributed by atoms with Crippen LogP contribution in [0.5, 0.6) is 5.75 Å². The normalized spacial score (nSPS) is 28.9. The van der Waals surface area contributed by atoms with E-state index in [1.54, 1.807) is 4.90 Å². The summed E-state index contributed by atoms with van der Waals surface area (Å²) >= 11 is 0. The van der Waals surface area contributed by atoms with Crippen molar-refractivity contribution < 1.29 is 19.1 Å². The van der Waals surface area contributed by atoms with Gasteiger partial charge in [0.1, 0.15) is 17.9 Å². The maximum absolute atomic E-state index is 13.0. The van der Waals surface area contributed by atoms with Crippen LogP contribution in [-0.4, -0.2) is 52.3 Å². The number of benzene rings is 2. The average Bonchev–Trinajstić information content (AvgIpc) is 3.16. The average molecular weight is 474 g/mol. The highest BCUT2D eigenvalue weighted by Crippen LogP contribution is 2.40. The van der Waals surface area contributed by atoms with E-state index in [2.05, 4.69) is 40.5 Å². The topological polar surface area (TPSA) is 79.0 Å². The van der Waals surface area contributed by atoms with Gasteiger partial charge >= 0.3 is 0 Å². The highest BCUT2D eigenvalue weighted by molar-refractivity contribution is 6.05. The van der Waals surface area contributed by atoms with Gasteiger partial charge in [0.25, 0.3) is 5.91 Å². The molecule has 2 aromatic rings. The van der Waals surface area contributed by atoms with Crippen LogP contribution in [-0.2, 0) is 16.1 Å². The summed E-state index contributed by atoms with van der Waals surface area (Å²) in [5.74, 6) is -0.0190. The third kappa shape index (κ3) is 4.12. The number of carbonyl (C=O) groups excluding carboxylic acids is 3. The summed E-state index contributed by atoms with van der Waals surface area (Å²) in [5, 5.41) is 2.36. The molecular weight excluding hydrogens is 442 g/mol. The molecule has 3 heterocycles. The van der Waals surface area contributed by atoms with Crippen LogP contribution < -0.4 is 10.1 Å². The van der Waals surface area contributed by atoms with Crippen molar-refractivity contribution in [2.75, 3.05) is 6.54 Å². The van der Waals surface area contributed by atoms with Gasteiger partial charge in [0.15, 0.2) is 0 Å². The van der Waals surface area contributed by atoms with Crippen LogP contribution in [0.4, 0.5) is 0 Å². The molecule has 7 heteroatoms. The van der Waals surface area contributed by atoms with E-state index >= 15 is 0 Å². The van der Waals surface area contributed by atoms with Gasteiger partial charge in [0.2, 0.25) is 11.8 Å². The first-order valence-electron chi connectivity index (χ1n) is 12.8. The van der Waals surface area contributed by atoms with Gasteiger partial charge in [0.05, 0.1) is 0 Å². The number of fused-ring (bicyclic) bond motifs is 1. The van der Waals surface area contributed by atoms with Gasteiger partial charge in [-0.3, -0.25) is 24.6 Å². The van der Waals surface area contributed by atoms with E-state index in [-0.39, 0.29) is 30.2 Å². The first kappa shape index (κ1) is 22.3. The van der Waals surface area contributed by atoms with Crippen LogP contribution in [0.15, 0.2) is 48.5 Å². The second-order valence-electron chi connectivity index (χ2n) is 10.2. The van der Waals surface area contributed by atoms with E-state index in [9.17, 15) is 14.4 Å². The largest absolute Gasteiger partial charge is 0.489 e. The molecule has 3 amide bonds. The van der Waals surface area contributed by atoms with Gasteiger partial charge in [-0.1, -0.05) is 36.8 Å². The second-order valence-corrected chi connectivity index (χ2v) is 10.2. The Bertz CT molecular complexity index is 1150. The molecule has 3 fully saturated rings. The molecule has 0 spiro atoms. The quantitative estimate of drug-likeness (QED) is 0.672. The van der Waals surface area contributed by atoms with Gasteiger partial charge in [-0.2, -0.15) is 0 Å². The van der Waals surface area contributed by atoms with E-state index < -0.39 is 6.04 Å². The summed E-state index contributed by atoms with van der Waals surface area (Å²) in [6.45, 7) is 1.47. The fourth-order valence-corrected chi connectivity index (χ4v) is 6.23. The number of carbonyl (C=O) groups is 3. The monoisotopic (exact) mass is 473 g/mol. The number of rotatable bonds is 5. The molecule has 1 aliphatic carbocycles. The highest BCUT2D eigenvalue weighted by atomic mass is 16.5. The summed E-state index contributed by atoms with van der Waals surface area (Å²) in [6.07, 6.45) is 6.49. The Morgan fingerprint density at radius 3 is 2.49 bits per heavy atom. The Kier molecular flexibility index (Phi) is 5.80. The number of nitrogens with zero attached hydrogens (tertiary/aromatic N) is 2. The zero-order valence-electron chi connectivity index (χ0n) is 19.8. The Hall–Kier alpha value is -3.19. The van der Waals surface area contributed by atoms with E-state index in [0.717, 1.165) is 37.1 Å². The van der Waals surface area contributed by atoms with E-state index in [4.69, 9.17) is 4.74 Å². The molecule has 0 aromatic heterocycles. The summed E-state index contributed by atoms with van der Waals surface area (Å²) in [4.78, 5) is 41.0. The predicted octanol–water partition coefficient (Wildman–Crippen LogP) is 3.58. The number of nitrogens with one attached hydrogen (secondary N) is 1. The van der Waals surface area contributed by atoms with Gasteiger partial charge in [-0.15, -0.1) is 0 Å². The van der Waals surface area contributed by atoms with Crippen LogP contribution in [0.25, 0.3) is 0 Å². The molecule has 182 valence electrons. The Morgan fingerprint density at radius 1 is 0.886 bits per heavy atom. The first-order chi connectivity index (χ1) is 17.1. The molecule has 2 aromatic carbocycles. The SMILES string of the molecule is O=C1CCC(N2Cc3cc(O[C@H]4CCCC[C@@H]4N4CC[C@@H]4c4ccccc4)ccc3C2=O)C(=O)N1. The van der Waals surface area contributed by atoms with Gasteiger partial charge in [0, 0.05) is 37.2 Å². The Labute approximate surface area is 205 Å². The number of likely N-dealkylation sites (tertiary alicyclic amines) is 1. The van der Waals surface area contributed by atoms with Crippen molar-refractivity contribution in [1.82, 2.24) is 15.1 Å². The van der Waals surface area contributed by atoms with Crippen molar-refractivity contribution in [2.24, 2.45) is 0 Å². The van der Waals surface area contributed by atoms with E-state index in [1.165, 1.54) is 18.4 Å². The molecule has 4 aliphatic rings. The van der Waals surface area contributed by atoms with Crippen LogP contribution >= 0.6 is 0 Å². The molecule has 1 unspecified atom stereocenters. The van der Waals surface area contributed by atoms with Crippen molar-refractivity contribution in [2.45, 2.75) is 75.7 Å². The lowest BCUT2D eigenvalue weighted by Crippen LogP contribution is -2.55. The summed E-state index contributed by atoms with van der Waals surface area (Å²) in [5.41, 5.74) is 2.89. The molecular formula is C28H31N3O4. The third-order valence-electron chi connectivity index (χ3n) is 8.12. The molecule has 1 N–H and O–H groups in total. The van der Waals surface area contributed by atoms with Crippen LogP contribution in [0.2, 0.25) is 0 Å². The zero-order valence-corrected chi connectivity index (χ0v) is 19.8. The molecule has 35 heavy (non-hydrogen) atoms. The van der Waals surface area contributed by atoms with E-state index in [1.807, 2.05) is 18.2 Å². The maximum Gasteiger partial charge on any atom is 0.255 e. The fourth-order valence-electron chi connectivity index (χ4n) is 6.23. The molecule has 2 saturated heterocycles. The fraction of sp³-hybridized carbons (Fsp3) is 0.464. The van der Waals surface area contributed by atoms with Crippen molar-refractivity contribution in [3.63, 3.8) is 0 Å². The summed E-state index contributed by atoms with van der Waals surface area (Å²) in [7, 11) is 0. The summed E-state index contributed by atoms with van der Waals surface area (Å²) < 4.78 is 6.59. The minimum Gasteiger partial charge on any atom is -0.489 e. The van der Waals surface area contributed by atoms with Gasteiger partial charge in [-0.05, 0) is 61.4 Å². The van der Waals surface area contributed by atoms with Crippen molar-refractivity contribution >= 4 is 17.7 Å². The third-order valence-corrected chi connectivity index (χ3v) is 8.12. The highest BCUT2D eigenvalue weighted by Gasteiger charge is 2.42. The number of hydrogen-bond acceptors (Lipinski definition) is 5. The van der Waals surface area contributed by atoms with Crippen molar-refractivity contribution in [1.29, 1.82) is 0 Å². The van der Waals surface area contributed by atoms with Crippen LogP contribution in [0.1, 0.15) is 72.5 Å². The number of imide groups is 1. The lowest BCUT2D eigenvalue weighted by Gasteiger charge is -2.50.